The Bertz CT molecular complexity index is 740. The van der Waals surface area contributed by atoms with Gasteiger partial charge < -0.3 is 10.1 Å². The Kier molecular flexibility index (Phi) is 7.87. The van der Waals surface area contributed by atoms with Crippen LogP contribution in [0, 0.1) is 0 Å². The zero-order chi connectivity index (χ0) is 20.6. The second-order valence-electron chi connectivity index (χ2n) is 6.42. The van der Waals surface area contributed by atoms with Gasteiger partial charge in [-0.25, -0.2) is 0 Å². The van der Waals surface area contributed by atoms with Gasteiger partial charge in [-0.2, -0.15) is 0 Å². The summed E-state index contributed by atoms with van der Waals surface area (Å²) in [7, 11) is 0. The Hall–Kier alpha value is -2.54. The quantitative estimate of drug-likeness (QED) is 0.690. The zero-order valence-corrected chi connectivity index (χ0v) is 16.1. The van der Waals surface area contributed by atoms with Crippen LogP contribution < -0.4 is 10.1 Å². The van der Waals surface area contributed by atoms with E-state index in [2.05, 4.69) is 40.9 Å². The molecule has 2 rings (SSSR count). The van der Waals surface area contributed by atoms with E-state index in [1.165, 1.54) is 29.8 Å². The number of ether oxygens (including phenoxy) is 1. The van der Waals surface area contributed by atoms with E-state index in [4.69, 9.17) is 0 Å². The van der Waals surface area contributed by atoms with E-state index in [1.54, 1.807) is 0 Å². The smallest absolute Gasteiger partial charge is 0.406 e. The van der Waals surface area contributed by atoms with Gasteiger partial charge in [-0.05, 0) is 41.9 Å². The lowest BCUT2D eigenvalue weighted by molar-refractivity contribution is -0.274. The Morgan fingerprint density at radius 3 is 2.00 bits per heavy atom. The highest BCUT2D eigenvalue weighted by Crippen LogP contribution is 2.22. The molecule has 0 radical (unpaired) electrons. The number of carbonyl (C=O) groups excluding carboxylic acids is 1. The Morgan fingerprint density at radius 2 is 1.46 bits per heavy atom. The number of benzene rings is 2. The van der Waals surface area contributed by atoms with Gasteiger partial charge in [-0.1, -0.05) is 50.2 Å². The minimum Gasteiger partial charge on any atom is -0.406 e. The molecule has 152 valence electrons. The topological polar surface area (TPSA) is 41.6 Å². The summed E-state index contributed by atoms with van der Waals surface area (Å²) in [6.45, 7) is 7.55. The predicted molar refractivity (Wildman–Crippen MR) is 102 cm³/mol. The molecule has 28 heavy (non-hydrogen) atoms. The molecule has 0 unspecified atom stereocenters. The Balaban J connectivity index is 1.80. The van der Waals surface area contributed by atoms with E-state index in [0.29, 0.717) is 12.1 Å². The molecule has 0 saturated carbocycles. The van der Waals surface area contributed by atoms with Gasteiger partial charge in [0.15, 0.2) is 0 Å². The maximum Gasteiger partial charge on any atom is 0.573 e. The minimum atomic E-state index is -4.72. The summed E-state index contributed by atoms with van der Waals surface area (Å²) in [5.74, 6) is -0.502. The van der Waals surface area contributed by atoms with Gasteiger partial charge in [0.1, 0.15) is 5.75 Å². The highest BCUT2D eigenvalue weighted by molar-refractivity contribution is 5.78. The third-order valence-electron chi connectivity index (χ3n) is 4.33. The van der Waals surface area contributed by atoms with Gasteiger partial charge in [0.2, 0.25) is 5.91 Å². The number of halogens is 3. The van der Waals surface area contributed by atoms with Crippen molar-refractivity contribution >= 4 is 5.91 Å². The van der Waals surface area contributed by atoms with Crippen molar-refractivity contribution in [2.75, 3.05) is 13.1 Å². The summed E-state index contributed by atoms with van der Waals surface area (Å²) in [4.78, 5) is 14.4. The summed E-state index contributed by atoms with van der Waals surface area (Å²) in [5, 5.41) is 2.82. The fourth-order valence-electron chi connectivity index (χ4n) is 2.73. The molecule has 0 atom stereocenters. The molecular weight excluding hydrogens is 369 g/mol. The summed E-state index contributed by atoms with van der Waals surface area (Å²) in [5.41, 5.74) is 2.83. The molecule has 0 heterocycles. The maximum atomic E-state index is 12.1. The fourth-order valence-corrected chi connectivity index (χ4v) is 2.73. The molecular formula is C21H25F3N2O2. The second-order valence-corrected chi connectivity index (χ2v) is 6.42. The molecule has 0 aliphatic rings. The zero-order valence-electron chi connectivity index (χ0n) is 16.1. The first-order valence-electron chi connectivity index (χ1n) is 9.20. The monoisotopic (exact) mass is 394 g/mol. The van der Waals surface area contributed by atoms with Crippen molar-refractivity contribution < 1.29 is 22.7 Å². The number of nitrogens with zero attached hydrogens (tertiary/aromatic N) is 1. The molecule has 0 aliphatic carbocycles. The number of carbonyl (C=O) groups is 1. The normalized spacial score (nSPS) is 11.5. The van der Waals surface area contributed by atoms with Gasteiger partial charge in [0.05, 0.1) is 6.42 Å². The van der Waals surface area contributed by atoms with Gasteiger partial charge in [-0.3, -0.25) is 9.69 Å². The molecule has 0 aromatic heterocycles. The maximum absolute atomic E-state index is 12.1. The van der Waals surface area contributed by atoms with Crippen molar-refractivity contribution in [1.29, 1.82) is 0 Å². The lowest BCUT2D eigenvalue weighted by atomic mass is 10.1. The van der Waals surface area contributed by atoms with Crippen LogP contribution in [0.15, 0.2) is 48.5 Å². The van der Waals surface area contributed by atoms with Crippen LogP contribution in [0.2, 0.25) is 0 Å². The van der Waals surface area contributed by atoms with Crippen LogP contribution in [0.3, 0.4) is 0 Å². The summed E-state index contributed by atoms with van der Waals surface area (Å²) >= 11 is 0. The predicted octanol–water partition coefficient (Wildman–Crippen LogP) is 4.29. The minimum absolute atomic E-state index is 0.0896. The summed E-state index contributed by atoms with van der Waals surface area (Å²) in [6, 6.07) is 13.4. The third-order valence-corrected chi connectivity index (χ3v) is 4.33. The SMILES string of the molecule is CCN(CC)Cc1ccc(CNC(=O)Cc2ccc(OC(F)(F)F)cc2)cc1. The largest absolute Gasteiger partial charge is 0.573 e. The van der Waals surface area contributed by atoms with Crippen LogP contribution >= 0.6 is 0 Å². The average molecular weight is 394 g/mol. The Morgan fingerprint density at radius 1 is 0.929 bits per heavy atom. The number of amides is 1. The van der Waals surface area contributed by atoms with Crippen molar-refractivity contribution in [3.05, 3.63) is 65.2 Å². The first-order chi connectivity index (χ1) is 13.3. The van der Waals surface area contributed by atoms with Crippen LogP contribution in [0.1, 0.15) is 30.5 Å². The van der Waals surface area contributed by atoms with Crippen LogP contribution in [0.4, 0.5) is 13.2 Å². The molecule has 0 saturated heterocycles. The van der Waals surface area contributed by atoms with Crippen molar-refractivity contribution in [3.8, 4) is 5.75 Å². The van der Waals surface area contributed by atoms with E-state index in [0.717, 1.165) is 25.2 Å². The molecule has 1 N–H and O–H groups in total. The molecule has 4 nitrogen and oxygen atoms in total. The summed E-state index contributed by atoms with van der Waals surface area (Å²) in [6.07, 6.45) is -4.63. The molecule has 2 aromatic rings. The standard InChI is InChI=1S/C21H25F3N2O2/c1-3-26(4-2)15-18-7-5-17(6-8-18)14-25-20(27)13-16-9-11-19(12-10-16)28-21(22,23)24/h5-12H,3-4,13-15H2,1-2H3,(H,25,27). The number of hydrogen-bond donors (Lipinski definition) is 1. The number of alkyl halides is 3. The molecule has 0 aliphatic heterocycles. The lowest BCUT2D eigenvalue weighted by Crippen LogP contribution is -2.24. The third kappa shape index (κ3) is 7.60. The fraction of sp³-hybridized carbons (Fsp3) is 0.381. The van der Waals surface area contributed by atoms with E-state index in [9.17, 15) is 18.0 Å². The van der Waals surface area contributed by atoms with E-state index < -0.39 is 6.36 Å². The first kappa shape index (κ1) is 21.8. The van der Waals surface area contributed by atoms with Crippen molar-refractivity contribution in [2.45, 2.75) is 39.7 Å². The molecule has 7 heteroatoms. The van der Waals surface area contributed by atoms with Crippen molar-refractivity contribution in [3.63, 3.8) is 0 Å². The molecule has 1 amide bonds. The highest BCUT2D eigenvalue weighted by Gasteiger charge is 2.30. The highest BCUT2D eigenvalue weighted by atomic mass is 19.4. The van der Waals surface area contributed by atoms with Gasteiger partial charge in [0.25, 0.3) is 0 Å². The molecule has 0 fully saturated rings. The molecule has 0 spiro atoms. The van der Waals surface area contributed by atoms with Crippen LogP contribution in [-0.2, 0) is 24.3 Å². The van der Waals surface area contributed by atoms with Crippen LogP contribution in [0.25, 0.3) is 0 Å². The van der Waals surface area contributed by atoms with Gasteiger partial charge in [-0.15, -0.1) is 13.2 Å². The summed E-state index contributed by atoms with van der Waals surface area (Å²) < 4.78 is 40.3. The van der Waals surface area contributed by atoms with E-state index in [1.807, 2.05) is 12.1 Å². The van der Waals surface area contributed by atoms with Gasteiger partial charge >= 0.3 is 6.36 Å². The molecule has 2 aromatic carbocycles. The van der Waals surface area contributed by atoms with Crippen molar-refractivity contribution in [1.82, 2.24) is 10.2 Å². The number of nitrogens with one attached hydrogen (secondary N) is 1. The lowest BCUT2D eigenvalue weighted by Gasteiger charge is -2.18. The van der Waals surface area contributed by atoms with Gasteiger partial charge in [0, 0.05) is 13.1 Å². The Labute approximate surface area is 163 Å². The van der Waals surface area contributed by atoms with Crippen LogP contribution in [-0.4, -0.2) is 30.3 Å². The van der Waals surface area contributed by atoms with E-state index in [-0.39, 0.29) is 18.1 Å². The second kappa shape index (κ2) is 10.1. The average Bonchev–Trinajstić information content (AvgIpc) is 2.66. The molecule has 0 bridgehead atoms. The van der Waals surface area contributed by atoms with Crippen LogP contribution in [0.5, 0.6) is 5.75 Å². The van der Waals surface area contributed by atoms with E-state index >= 15 is 0 Å². The number of rotatable bonds is 9. The number of hydrogen-bond acceptors (Lipinski definition) is 3. The van der Waals surface area contributed by atoms with Crippen molar-refractivity contribution in [2.24, 2.45) is 0 Å². The first-order valence-corrected chi connectivity index (χ1v) is 9.20.